The van der Waals surface area contributed by atoms with Crippen molar-refractivity contribution in [1.82, 2.24) is 19.7 Å². The van der Waals surface area contributed by atoms with Crippen molar-refractivity contribution >= 4 is 11.1 Å². The second-order valence-electron chi connectivity index (χ2n) is 6.19. The molecule has 0 aliphatic rings. The number of ether oxygens (including phenoxy) is 2. The van der Waals surface area contributed by atoms with Gasteiger partial charge in [0, 0.05) is 0 Å². The fourth-order valence-corrected chi connectivity index (χ4v) is 3.03. The van der Waals surface area contributed by atoms with Gasteiger partial charge in [-0.15, -0.1) is 0 Å². The van der Waals surface area contributed by atoms with E-state index in [1.165, 1.54) is 10.9 Å². The van der Waals surface area contributed by atoms with Gasteiger partial charge >= 0.3 is 0 Å². The molecule has 0 unspecified atom stereocenters. The van der Waals surface area contributed by atoms with Gasteiger partial charge in [0.25, 0.3) is 11.3 Å². The molecule has 0 bridgehead atoms. The Bertz CT molecular complexity index is 1220. The standard InChI is InChI=1S/C19H18N4O5/c1-10-15-18(28-22-10)20-9-23(19(15)24)8-13-11(2)27-17(21-13)12-6-5-7-14(25-3)16(12)26-4/h5-7,9H,8H2,1-4H3. The molecule has 3 aromatic heterocycles. The van der Waals surface area contributed by atoms with Crippen molar-refractivity contribution in [3.05, 3.63) is 52.0 Å². The zero-order chi connectivity index (χ0) is 19.8. The van der Waals surface area contributed by atoms with E-state index in [4.69, 9.17) is 18.4 Å². The summed E-state index contributed by atoms with van der Waals surface area (Å²) in [6, 6.07) is 5.45. The van der Waals surface area contributed by atoms with Crippen LogP contribution >= 0.6 is 0 Å². The molecule has 0 aliphatic heterocycles. The topological polar surface area (TPSA) is 105 Å². The number of benzene rings is 1. The molecule has 0 atom stereocenters. The van der Waals surface area contributed by atoms with Crippen molar-refractivity contribution in [2.75, 3.05) is 14.2 Å². The fraction of sp³-hybridized carbons (Fsp3) is 0.263. The number of fused-ring (bicyclic) bond motifs is 1. The molecule has 4 rings (SSSR count). The molecule has 0 fully saturated rings. The number of methoxy groups -OCH3 is 2. The Hall–Kier alpha value is -3.62. The van der Waals surface area contributed by atoms with Gasteiger partial charge in [0.2, 0.25) is 5.89 Å². The molecule has 3 heterocycles. The molecule has 0 aliphatic carbocycles. The molecule has 9 heteroatoms. The highest BCUT2D eigenvalue weighted by Gasteiger charge is 2.19. The summed E-state index contributed by atoms with van der Waals surface area (Å²) in [6.45, 7) is 3.70. The summed E-state index contributed by atoms with van der Waals surface area (Å²) in [5.41, 5.74) is 1.74. The van der Waals surface area contributed by atoms with E-state index in [9.17, 15) is 4.79 Å². The molecule has 144 valence electrons. The first-order valence-corrected chi connectivity index (χ1v) is 8.52. The maximum Gasteiger partial charge on any atom is 0.266 e. The van der Waals surface area contributed by atoms with Gasteiger partial charge in [0.05, 0.1) is 32.0 Å². The van der Waals surface area contributed by atoms with Crippen LogP contribution in [0.5, 0.6) is 11.5 Å². The number of aromatic nitrogens is 4. The first-order chi connectivity index (χ1) is 13.5. The number of hydrogen-bond acceptors (Lipinski definition) is 8. The number of oxazole rings is 1. The molecule has 0 N–H and O–H groups in total. The predicted molar refractivity (Wildman–Crippen MR) is 99.7 cm³/mol. The van der Waals surface area contributed by atoms with Crippen LogP contribution in [0.2, 0.25) is 0 Å². The molecule has 28 heavy (non-hydrogen) atoms. The number of rotatable bonds is 5. The number of para-hydroxylation sites is 1. The normalized spacial score (nSPS) is 11.1. The second kappa shape index (κ2) is 6.84. The quantitative estimate of drug-likeness (QED) is 0.519. The molecular formula is C19H18N4O5. The van der Waals surface area contributed by atoms with Gasteiger partial charge in [-0.05, 0) is 26.0 Å². The smallest absolute Gasteiger partial charge is 0.266 e. The van der Waals surface area contributed by atoms with Crippen LogP contribution in [0, 0.1) is 13.8 Å². The Kier molecular flexibility index (Phi) is 4.34. The lowest BCUT2D eigenvalue weighted by atomic mass is 10.2. The SMILES string of the molecule is COc1cccc(-c2nc(Cn3cnc4onc(C)c4c3=O)c(C)o2)c1OC. The molecule has 0 saturated carbocycles. The van der Waals surface area contributed by atoms with E-state index in [-0.39, 0.29) is 17.8 Å². The Balaban J connectivity index is 1.75. The van der Waals surface area contributed by atoms with Gasteiger partial charge in [-0.25, -0.2) is 9.97 Å². The first-order valence-electron chi connectivity index (χ1n) is 8.52. The molecule has 4 aromatic rings. The van der Waals surface area contributed by atoms with Crippen LogP contribution in [-0.2, 0) is 6.54 Å². The van der Waals surface area contributed by atoms with Crippen molar-refractivity contribution in [3.63, 3.8) is 0 Å². The molecule has 1 aromatic carbocycles. The maximum absolute atomic E-state index is 12.7. The highest BCUT2D eigenvalue weighted by molar-refractivity contribution is 5.74. The van der Waals surface area contributed by atoms with Crippen molar-refractivity contribution < 1.29 is 18.4 Å². The van der Waals surface area contributed by atoms with E-state index in [0.717, 1.165) is 0 Å². The molecule has 0 saturated heterocycles. The first kappa shape index (κ1) is 17.8. The van der Waals surface area contributed by atoms with E-state index in [1.807, 2.05) is 12.1 Å². The maximum atomic E-state index is 12.7. The monoisotopic (exact) mass is 382 g/mol. The summed E-state index contributed by atoms with van der Waals surface area (Å²) in [5, 5.41) is 4.15. The van der Waals surface area contributed by atoms with E-state index in [0.29, 0.717) is 45.5 Å². The summed E-state index contributed by atoms with van der Waals surface area (Å²) in [7, 11) is 3.12. The Morgan fingerprint density at radius 2 is 2.00 bits per heavy atom. The number of hydrogen-bond donors (Lipinski definition) is 0. The molecule has 0 spiro atoms. The van der Waals surface area contributed by atoms with Gasteiger partial charge in [-0.1, -0.05) is 11.2 Å². The third-order valence-electron chi connectivity index (χ3n) is 4.48. The summed E-state index contributed by atoms with van der Waals surface area (Å²) in [6.07, 6.45) is 1.41. The predicted octanol–water partition coefficient (Wildman–Crippen LogP) is 2.72. The largest absolute Gasteiger partial charge is 0.493 e. The summed E-state index contributed by atoms with van der Waals surface area (Å²) >= 11 is 0. The Morgan fingerprint density at radius 1 is 1.18 bits per heavy atom. The zero-order valence-corrected chi connectivity index (χ0v) is 15.8. The summed E-state index contributed by atoms with van der Waals surface area (Å²) < 4.78 is 23.1. The third-order valence-corrected chi connectivity index (χ3v) is 4.48. The van der Waals surface area contributed by atoms with Crippen LogP contribution in [0.15, 0.2) is 38.3 Å². The van der Waals surface area contributed by atoms with Crippen molar-refractivity contribution in [2.24, 2.45) is 0 Å². The minimum Gasteiger partial charge on any atom is -0.493 e. The van der Waals surface area contributed by atoms with Crippen LogP contribution in [-0.4, -0.2) is 33.9 Å². The zero-order valence-electron chi connectivity index (χ0n) is 15.8. The van der Waals surface area contributed by atoms with Gasteiger partial charge in [0.15, 0.2) is 11.5 Å². The summed E-state index contributed by atoms with van der Waals surface area (Å²) in [4.78, 5) is 21.4. The van der Waals surface area contributed by atoms with E-state index in [2.05, 4.69) is 15.1 Å². The number of nitrogens with zero attached hydrogens (tertiary/aromatic N) is 4. The Labute approximate surface area is 159 Å². The average Bonchev–Trinajstić information content (AvgIpc) is 3.26. The van der Waals surface area contributed by atoms with Gasteiger partial charge in [-0.3, -0.25) is 9.36 Å². The van der Waals surface area contributed by atoms with E-state index in [1.54, 1.807) is 34.1 Å². The van der Waals surface area contributed by atoms with Crippen LogP contribution in [0.4, 0.5) is 0 Å². The second-order valence-corrected chi connectivity index (χ2v) is 6.19. The number of aryl methyl sites for hydroxylation is 2. The average molecular weight is 382 g/mol. The van der Waals surface area contributed by atoms with Gasteiger partial charge in [0.1, 0.15) is 23.2 Å². The van der Waals surface area contributed by atoms with Crippen molar-refractivity contribution in [3.8, 4) is 23.0 Å². The van der Waals surface area contributed by atoms with Crippen molar-refractivity contribution in [2.45, 2.75) is 20.4 Å². The van der Waals surface area contributed by atoms with Crippen LogP contribution in [0.3, 0.4) is 0 Å². The van der Waals surface area contributed by atoms with Gasteiger partial charge < -0.3 is 18.4 Å². The van der Waals surface area contributed by atoms with E-state index < -0.39 is 0 Å². The lowest BCUT2D eigenvalue weighted by molar-refractivity contribution is 0.355. The van der Waals surface area contributed by atoms with Crippen LogP contribution in [0.1, 0.15) is 17.1 Å². The molecular weight excluding hydrogens is 364 g/mol. The molecule has 9 nitrogen and oxygen atoms in total. The van der Waals surface area contributed by atoms with Crippen LogP contribution in [0.25, 0.3) is 22.6 Å². The highest BCUT2D eigenvalue weighted by Crippen LogP contribution is 2.37. The fourth-order valence-electron chi connectivity index (χ4n) is 3.03. The lowest BCUT2D eigenvalue weighted by Gasteiger charge is -2.09. The third kappa shape index (κ3) is 2.81. The molecule has 0 radical (unpaired) electrons. The van der Waals surface area contributed by atoms with Crippen molar-refractivity contribution in [1.29, 1.82) is 0 Å². The Morgan fingerprint density at radius 3 is 2.75 bits per heavy atom. The minimum absolute atomic E-state index is 0.202. The molecule has 0 amide bonds. The minimum atomic E-state index is -0.244. The summed E-state index contributed by atoms with van der Waals surface area (Å²) in [5.74, 6) is 2.07. The van der Waals surface area contributed by atoms with Crippen LogP contribution < -0.4 is 15.0 Å². The van der Waals surface area contributed by atoms with Gasteiger partial charge in [-0.2, -0.15) is 0 Å². The highest BCUT2D eigenvalue weighted by atomic mass is 16.5. The van der Waals surface area contributed by atoms with E-state index >= 15 is 0 Å². The lowest BCUT2D eigenvalue weighted by Crippen LogP contribution is -2.21.